The van der Waals surface area contributed by atoms with Gasteiger partial charge in [-0.3, -0.25) is 0 Å². The van der Waals surface area contributed by atoms with E-state index in [9.17, 15) is 4.39 Å². The van der Waals surface area contributed by atoms with Gasteiger partial charge in [0.25, 0.3) is 0 Å². The normalized spacial score (nSPS) is 18.0. The van der Waals surface area contributed by atoms with Crippen molar-refractivity contribution in [3.8, 4) is 5.75 Å². The molecule has 3 rings (SSSR count). The minimum Gasteiger partial charge on any atom is -0.497 e. The third kappa shape index (κ3) is 3.96. The third-order valence-electron chi connectivity index (χ3n) is 4.09. The Balaban J connectivity index is 1.60. The lowest BCUT2D eigenvalue weighted by atomic mass is 10.1. The van der Waals surface area contributed by atoms with Gasteiger partial charge >= 0.3 is 0 Å². The van der Waals surface area contributed by atoms with Gasteiger partial charge in [-0.15, -0.1) is 0 Å². The zero-order valence-electron chi connectivity index (χ0n) is 13.2. The number of nitrogens with zero attached hydrogens (tertiary/aromatic N) is 3. The lowest BCUT2D eigenvalue weighted by molar-refractivity contribution is 0.405. The molecule has 5 nitrogen and oxygen atoms in total. The molecule has 1 fully saturated rings. The van der Waals surface area contributed by atoms with Crippen LogP contribution in [0.2, 0.25) is 0 Å². The molecule has 0 unspecified atom stereocenters. The summed E-state index contributed by atoms with van der Waals surface area (Å²) < 4.78 is 19.0. The van der Waals surface area contributed by atoms with Gasteiger partial charge in [-0.05, 0) is 37.1 Å². The molecule has 0 spiro atoms. The van der Waals surface area contributed by atoms with Gasteiger partial charge in [0.1, 0.15) is 11.6 Å². The Morgan fingerprint density at radius 1 is 1.35 bits per heavy atom. The quantitative estimate of drug-likeness (QED) is 0.918. The highest BCUT2D eigenvalue weighted by molar-refractivity contribution is 5.31. The fraction of sp³-hybridized carbons (Fsp3) is 0.412. The lowest BCUT2D eigenvalue weighted by Crippen LogP contribution is -2.46. The highest BCUT2D eigenvalue weighted by atomic mass is 19.1. The molecule has 0 saturated carbocycles. The molecule has 0 amide bonds. The number of anilines is 1. The molecule has 1 saturated heterocycles. The summed E-state index contributed by atoms with van der Waals surface area (Å²) >= 11 is 0. The third-order valence-corrected chi connectivity index (χ3v) is 4.09. The van der Waals surface area contributed by atoms with E-state index in [0.29, 0.717) is 17.9 Å². The summed E-state index contributed by atoms with van der Waals surface area (Å²) in [5.74, 6) is 1.22. The van der Waals surface area contributed by atoms with Crippen LogP contribution in [0.1, 0.15) is 18.4 Å². The van der Waals surface area contributed by atoms with Crippen LogP contribution in [0.15, 0.2) is 36.7 Å². The number of aromatic nitrogens is 2. The molecule has 0 bridgehead atoms. The van der Waals surface area contributed by atoms with Crippen molar-refractivity contribution in [1.29, 1.82) is 0 Å². The first kappa shape index (κ1) is 15.7. The van der Waals surface area contributed by atoms with Crippen molar-refractivity contribution in [3.63, 3.8) is 0 Å². The van der Waals surface area contributed by atoms with Gasteiger partial charge in [0.05, 0.1) is 7.11 Å². The fourth-order valence-corrected chi connectivity index (χ4v) is 2.85. The number of rotatable bonds is 5. The van der Waals surface area contributed by atoms with Gasteiger partial charge in [0, 0.05) is 43.6 Å². The molecular formula is C17H21FN4O. The largest absolute Gasteiger partial charge is 0.497 e. The molecule has 0 radical (unpaired) electrons. The van der Waals surface area contributed by atoms with Crippen LogP contribution in [-0.2, 0) is 6.54 Å². The summed E-state index contributed by atoms with van der Waals surface area (Å²) in [5.41, 5.74) is 0.623. The minimum atomic E-state index is -0.211. The first-order chi connectivity index (χ1) is 11.3. The van der Waals surface area contributed by atoms with Crippen LogP contribution in [-0.4, -0.2) is 36.2 Å². The summed E-state index contributed by atoms with van der Waals surface area (Å²) in [4.78, 5) is 10.8. The molecule has 6 heteroatoms. The minimum absolute atomic E-state index is 0.211. The van der Waals surface area contributed by atoms with Crippen molar-refractivity contribution in [2.45, 2.75) is 25.4 Å². The van der Waals surface area contributed by atoms with Crippen LogP contribution in [0, 0.1) is 5.82 Å². The average Bonchev–Trinajstić information content (AvgIpc) is 2.62. The van der Waals surface area contributed by atoms with Gasteiger partial charge in [0.15, 0.2) is 0 Å². The number of methoxy groups -OCH3 is 1. The summed E-state index contributed by atoms with van der Waals surface area (Å²) in [7, 11) is 1.59. The van der Waals surface area contributed by atoms with Crippen molar-refractivity contribution in [1.82, 2.24) is 15.3 Å². The van der Waals surface area contributed by atoms with Crippen LogP contribution in [0.25, 0.3) is 0 Å². The van der Waals surface area contributed by atoms with Crippen molar-refractivity contribution in [2.24, 2.45) is 0 Å². The second-order valence-corrected chi connectivity index (χ2v) is 5.67. The Bertz CT molecular complexity index is 638. The molecule has 1 atom stereocenters. The molecule has 1 aromatic carbocycles. The Kier molecular flexibility index (Phi) is 5.02. The standard InChI is InChI=1S/C17H21FN4O/c1-23-15-5-6-16(18)13(10-15)11-21-14-4-2-9-22(12-14)17-19-7-3-8-20-17/h3,5-8,10,14,21H,2,4,9,11-12H2,1H3/t14-/m1/s1. The number of benzene rings is 1. The Morgan fingerprint density at radius 3 is 2.96 bits per heavy atom. The maximum Gasteiger partial charge on any atom is 0.225 e. The fourth-order valence-electron chi connectivity index (χ4n) is 2.85. The van der Waals surface area contributed by atoms with E-state index in [1.165, 1.54) is 6.07 Å². The smallest absolute Gasteiger partial charge is 0.225 e. The molecular weight excluding hydrogens is 295 g/mol. The summed E-state index contributed by atoms with van der Waals surface area (Å²) in [6, 6.07) is 6.92. The number of ether oxygens (including phenoxy) is 1. The highest BCUT2D eigenvalue weighted by Gasteiger charge is 2.21. The monoisotopic (exact) mass is 316 g/mol. The molecule has 23 heavy (non-hydrogen) atoms. The maximum atomic E-state index is 13.9. The van der Waals surface area contributed by atoms with E-state index in [1.807, 2.05) is 6.07 Å². The number of hydrogen-bond donors (Lipinski definition) is 1. The first-order valence-electron chi connectivity index (χ1n) is 7.84. The van der Waals surface area contributed by atoms with Crippen LogP contribution in [0.4, 0.5) is 10.3 Å². The molecule has 1 aliphatic rings. The molecule has 1 aromatic heterocycles. The Morgan fingerprint density at radius 2 is 2.17 bits per heavy atom. The lowest BCUT2D eigenvalue weighted by Gasteiger charge is -2.33. The number of piperidine rings is 1. The second kappa shape index (κ2) is 7.37. The number of nitrogens with one attached hydrogen (secondary N) is 1. The first-order valence-corrected chi connectivity index (χ1v) is 7.84. The number of hydrogen-bond acceptors (Lipinski definition) is 5. The van der Waals surface area contributed by atoms with E-state index in [4.69, 9.17) is 4.74 Å². The predicted octanol–water partition coefficient (Wildman–Crippen LogP) is 2.38. The van der Waals surface area contributed by atoms with E-state index in [0.717, 1.165) is 31.9 Å². The summed E-state index contributed by atoms with van der Waals surface area (Å²) in [6.07, 6.45) is 5.64. The van der Waals surface area contributed by atoms with Crippen LogP contribution >= 0.6 is 0 Å². The topological polar surface area (TPSA) is 50.3 Å². The maximum absolute atomic E-state index is 13.9. The van der Waals surface area contributed by atoms with E-state index in [-0.39, 0.29) is 11.9 Å². The van der Waals surface area contributed by atoms with E-state index < -0.39 is 0 Å². The van der Waals surface area contributed by atoms with Gasteiger partial charge in [-0.25, -0.2) is 14.4 Å². The second-order valence-electron chi connectivity index (χ2n) is 5.67. The van der Waals surface area contributed by atoms with Crippen molar-refractivity contribution < 1.29 is 9.13 Å². The zero-order chi connectivity index (χ0) is 16.1. The molecule has 2 aromatic rings. The molecule has 1 aliphatic heterocycles. The van der Waals surface area contributed by atoms with E-state index >= 15 is 0 Å². The highest BCUT2D eigenvalue weighted by Crippen LogP contribution is 2.18. The van der Waals surface area contributed by atoms with Gasteiger partial charge in [0.2, 0.25) is 5.95 Å². The van der Waals surface area contributed by atoms with E-state index in [2.05, 4.69) is 20.2 Å². The van der Waals surface area contributed by atoms with Crippen molar-refractivity contribution in [2.75, 3.05) is 25.1 Å². The van der Waals surface area contributed by atoms with Crippen LogP contribution in [0.5, 0.6) is 5.75 Å². The van der Waals surface area contributed by atoms with Crippen LogP contribution in [0.3, 0.4) is 0 Å². The predicted molar refractivity (Wildman–Crippen MR) is 87.1 cm³/mol. The zero-order valence-corrected chi connectivity index (χ0v) is 13.2. The Labute approximate surface area is 135 Å². The van der Waals surface area contributed by atoms with E-state index in [1.54, 1.807) is 31.6 Å². The molecule has 2 heterocycles. The number of halogens is 1. The van der Waals surface area contributed by atoms with Crippen molar-refractivity contribution >= 4 is 5.95 Å². The van der Waals surface area contributed by atoms with Gasteiger partial charge in [-0.2, -0.15) is 0 Å². The molecule has 122 valence electrons. The molecule has 0 aliphatic carbocycles. The Hall–Kier alpha value is -2.21. The van der Waals surface area contributed by atoms with Gasteiger partial charge < -0.3 is 15.0 Å². The SMILES string of the molecule is COc1ccc(F)c(CN[C@@H]2CCCN(c3ncccn3)C2)c1. The molecule has 1 N–H and O–H groups in total. The summed E-state index contributed by atoms with van der Waals surface area (Å²) in [5, 5.41) is 3.44. The van der Waals surface area contributed by atoms with Crippen molar-refractivity contribution in [3.05, 3.63) is 48.0 Å². The van der Waals surface area contributed by atoms with Crippen LogP contribution < -0.4 is 15.0 Å². The average molecular weight is 316 g/mol. The summed E-state index contributed by atoms with van der Waals surface area (Å²) in [6.45, 7) is 2.27. The van der Waals surface area contributed by atoms with Gasteiger partial charge in [-0.1, -0.05) is 0 Å².